The minimum absolute atomic E-state index is 0.0713. The van der Waals surface area contributed by atoms with Crippen LogP contribution in [0.1, 0.15) is 10.4 Å². The normalized spacial score (nSPS) is 11.1. The molecule has 2 aromatic rings. The van der Waals surface area contributed by atoms with Crippen molar-refractivity contribution in [2.75, 3.05) is 4.72 Å². The van der Waals surface area contributed by atoms with Gasteiger partial charge in [-0.15, -0.1) is 0 Å². The first-order valence-electron chi connectivity index (χ1n) is 5.59. The summed E-state index contributed by atoms with van der Waals surface area (Å²) in [5.74, 6) is -1.47. The average molecular weight is 437 g/mol. The Balaban J connectivity index is 2.41. The van der Waals surface area contributed by atoms with Gasteiger partial charge in [-0.25, -0.2) is 8.42 Å². The fourth-order valence-corrected chi connectivity index (χ4v) is 3.51. The SMILES string of the molecule is O=C([O-])c1ccc(Cl)c(S(=O)(=O)Nc2ccc(I)cc2)c1. The predicted molar refractivity (Wildman–Crippen MR) is 85.8 cm³/mol. The first-order chi connectivity index (χ1) is 9.79. The molecule has 0 aromatic heterocycles. The molecular formula is C13H8ClINO4S-. The lowest BCUT2D eigenvalue weighted by Crippen LogP contribution is -2.23. The van der Waals surface area contributed by atoms with E-state index >= 15 is 0 Å². The maximum atomic E-state index is 12.3. The van der Waals surface area contributed by atoms with Crippen LogP contribution >= 0.6 is 34.2 Å². The molecule has 0 amide bonds. The Labute approximate surface area is 140 Å². The second-order valence-corrected chi connectivity index (χ2v) is 7.35. The van der Waals surface area contributed by atoms with Crippen LogP contribution in [0.3, 0.4) is 0 Å². The molecule has 0 aliphatic carbocycles. The molecule has 0 atom stereocenters. The zero-order chi connectivity index (χ0) is 15.6. The van der Waals surface area contributed by atoms with Crippen molar-refractivity contribution in [3.63, 3.8) is 0 Å². The average Bonchev–Trinajstić information content (AvgIpc) is 2.41. The Bertz CT molecular complexity index is 790. The molecule has 1 N–H and O–H groups in total. The van der Waals surface area contributed by atoms with E-state index < -0.39 is 16.0 Å². The molecule has 5 nitrogen and oxygen atoms in total. The second-order valence-electron chi connectivity index (χ2n) is 4.05. The van der Waals surface area contributed by atoms with E-state index in [2.05, 4.69) is 27.3 Å². The Kier molecular flexibility index (Phi) is 4.74. The van der Waals surface area contributed by atoms with Crippen LogP contribution in [0.15, 0.2) is 47.4 Å². The van der Waals surface area contributed by atoms with Gasteiger partial charge in [-0.3, -0.25) is 4.72 Å². The van der Waals surface area contributed by atoms with Gasteiger partial charge < -0.3 is 9.90 Å². The number of aromatic carboxylic acids is 1. The fourth-order valence-electron chi connectivity index (χ4n) is 1.56. The molecule has 0 saturated carbocycles. The van der Waals surface area contributed by atoms with E-state index in [0.29, 0.717) is 5.69 Å². The van der Waals surface area contributed by atoms with Crippen LogP contribution in [0.5, 0.6) is 0 Å². The molecule has 0 radical (unpaired) electrons. The van der Waals surface area contributed by atoms with Gasteiger partial charge in [-0.2, -0.15) is 0 Å². The number of carbonyl (C=O) groups excluding carboxylic acids is 1. The van der Waals surface area contributed by atoms with Crippen molar-refractivity contribution >= 4 is 55.9 Å². The fraction of sp³-hybridized carbons (Fsp3) is 0. The molecule has 0 saturated heterocycles. The lowest BCUT2D eigenvalue weighted by molar-refractivity contribution is -0.255. The van der Waals surface area contributed by atoms with E-state index in [9.17, 15) is 18.3 Å². The molecule has 2 aromatic carbocycles. The lowest BCUT2D eigenvalue weighted by Gasteiger charge is -2.11. The van der Waals surface area contributed by atoms with Crippen molar-refractivity contribution in [2.45, 2.75) is 4.90 Å². The van der Waals surface area contributed by atoms with Crippen molar-refractivity contribution in [3.05, 3.63) is 56.6 Å². The van der Waals surface area contributed by atoms with Crippen molar-refractivity contribution in [3.8, 4) is 0 Å². The van der Waals surface area contributed by atoms with Crippen LogP contribution in [0, 0.1) is 3.57 Å². The van der Waals surface area contributed by atoms with Gasteiger partial charge in [0, 0.05) is 9.26 Å². The van der Waals surface area contributed by atoms with Gasteiger partial charge in [0.15, 0.2) is 0 Å². The van der Waals surface area contributed by atoms with E-state index in [1.54, 1.807) is 24.3 Å². The zero-order valence-corrected chi connectivity index (χ0v) is 14.1. The minimum Gasteiger partial charge on any atom is -0.545 e. The van der Waals surface area contributed by atoms with Crippen molar-refractivity contribution in [1.82, 2.24) is 0 Å². The number of carboxylic acids is 1. The van der Waals surface area contributed by atoms with Crippen LogP contribution in [0.2, 0.25) is 5.02 Å². The molecule has 0 heterocycles. The number of carboxylic acid groups (broad SMARTS) is 1. The molecule has 0 aliphatic heterocycles. The zero-order valence-electron chi connectivity index (χ0n) is 10.3. The van der Waals surface area contributed by atoms with Crippen LogP contribution in [0.25, 0.3) is 0 Å². The monoisotopic (exact) mass is 436 g/mol. The summed E-state index contributed by atoms with van der Waals surface area (Å²) >= 11 is 7.93. The largest absolute Gasteiger partial charge is 0.545 e. The Morgan fingerprint density at radius 2 is 1.76 bits per heavy atom. The number of hydrogen-bond donors (Lipinski definition) is 1. The summed E-state index contributed by atoms with van der Waals surface area (Å²) in [7, 11) is -3.99. The van der Waals surface area contributed by atoms with Gasteiger partial charge in [-0.1, -0.05) is 17.7 Å². The highest BCUT2D eigenvalue weighted by molar-refractivity contribution is 14.1. The summed E-state index contributed by atoms with van der Waals surface area (Å²) in [6, 6.07) is 10.0. The molecule has 0 spiro atoms. The number of halogens is 2. The molecule has 0 aliphatic rings. The number of anilines is 1. The molecule has 0 fully saturated rings. The molecule has 21 heavy (non-hydrogen) atoms. The van der Waals surface area contributed by atoms with Crippen molar-refractivity contribution in [1.29, 1.82) is 0 Å². The molecule has 0 unspecified atom stereocenters. The summed E-state index contributed by atoms with van der Waals surface area (Å²) in [5.41, 5.74) is 0.0905. The third kappa shape index (κ3) is 3.86. The third-order valence-corrected chi connectivity index (χ3v) is 5.13. The van der Waals surface area contributed by atoms with Crippen molar-refractivity contribution in [2.24, 2.45) is 0 Å². The summed E-state index contributed by atoms with van der Waals surface area (Å²) < 4.78 is 27.8. The molecular weight excluding hydrogens is 429 g/mol. The lowest BCUT2D eigenvalue weighted by atomic mass is 10.2. The Morgan fingerprint density at radius 1 is 1.14 bits per heavy atom. The summed E-state index contributed by atoms with van der Waals surface area (Å²) in [6.07, 6.45) is 0. The molecule has 8 heteroatoms. The highest BCUT2D eigenvalue weighted by Crippen LogP contribution is 2.25. The number of sulfonamides is 1. The van der Waals surface area contributed by atoms with Gasteiger partial charge in [0.1, 0.15) is 4.90 Å². The highest BCUT2D eigenvalue weighted by atomic mass is 127. The highest BCUT2D eigenvalue weighted by Gasteiger charge is 2.19. The van der Waals surface area contributed by atoms with Crippen molar-refractivity contribution < 1.29 is 18.3 Å². The summed E-state index contributed by atoms with van der Waals surface area (Å²) in [5, 5.41) is 10.7. The Hall–Kier alpha value is -1.32. The molecule has 2 rings (SSSR count). The maximum absolute atomic E-state index is 12.3. The van der Waals surface area contributed by atoms with E-state index in [4.69, 9.17) is 11.6 Å². The van der Waals surface area contributed by atoms with E-state index in [1.165, 1.54) is 12.1 Å². The number of carbonyl (C=O) groups is 1. The summed E-state index contributed by atoms with van der Waals surface area (Å²) in [4.78, 5) is 10.5. The predicted octanol–water partition coefficient (Wildman–Crippen LogP) is 2.11. The van der Waals surface area contributed by atoms with Crippen LogP contribution in [-0.2, 0) is 10.0 Å². The molecule has 110 valence electrons. The van der Waals surface area contributed by atoms with Gasteiger partial charge in [0.05, 0.1) is 11.0 Å². The topological polar surface area (TPSA) is 86.3 Å². The number of benzene rings is 2. The van der Waals surface area contributed by atoms with Gasteiger partial charge in [-0.05, 0) is 64.6 Å². The minimum atomic E-state index is -3.99. The number of nitrogens with one attached hydrogen (secondary N) is 1. The standard InChI is InChI=1S/C13H9ClINO4S/c14-11-6-1-8(13(17)18)7-12(11)21(19,20)16-10-4-2-9(15)3-5-10/h1-7,16H,(H,17,18)/p-1. The van der Waals surface area contributed by atoms with Crippen LogP contribution in [-0.4, -0.2) is 14.4 Å². The van der Waals surface area contributed by atoms with Gasteiger partial charge in [0.25, 0.3) is 10.0 Å². The van der Waals surface area contributed by atoms with Crippen LogP contribution < -0.4 is 9.83 Å². The quantitative estimate of drug-likeness (QED) is 0.744. The first kappa shape index (κ1) is 16.1. The smallest absolute Gasteiger partial charge is 0.263 e. The third-order valence-electron chi connectivity index (χ3n) is 2.55. The van der Waals surface area contributed by atoms with E-state index in [-0.39, 0.29) is 15.5 Å². The maximum Gasteiger partial charge on any atom is 0.263 e. The van der Waals surface area contributed by atoms with Crippen LogP contribution in [0.4, 0.5) is 5.69 Å². The first-order valence-corrected chi connectivity index (χ1v) is 8.53. The van der Waals surface area contributed by atoms with Gasteiger partial charge >= 0.3 is 0 Å². The Morgan fingerprint density at radius 3 is 2.33 bits per heavy atom. The molecule has 0 bridgehead atoms. The van der Waals surface area contributed by atoms with Gasteiger partial charge in [0.2, 0.25) is 0 Å². The number of hydrogen-bond acceptors (Lipinski definition) is 4. The summed E-state index contributed by atoms with van der Waals surface area (Å²) in [6.45, 7) is 0. The second kappa shape index (κ2) is 6.20. The number of rotatable bonds is 4. The van der Waals surface area contributed by atoms with E-state index in [0.717, 1.165) is 9.64 Å². The van der Waals surface area contributed by atoms with E-state index in [1.807, 2.05) is 0 Å².